The van der Waals surface area contributed by atoms with Gasteiger partial charge in [-0.15, -0.1) is 0 Å². The van der Waals surface area contributed by atoms with Crippen LogP contribution in [0, 0.1) is 5.82 Å². The molecule has 4 rings (SSSR count). The summed E-state index contributed by atoms with van der Waals surface area (Å²) in [5.41, 5.74) is 2.13. The largest absolute Gasteiger partial charge is 0.486 e. The molecule has 6 nitrogen and oxygen atoms in total. The number of carbonyl (C=O) groups excluding carboxylic acids is 1. The van der Waals surface area contributed by atoms with Crippen LogP contribution >= 0.6 is 0 Å². The molecule has 0 spiro atoms. The highest BCUT2D eigenvalue weighted by atomic mass is 19.1. The Morgan fingerprint density at radius 2 is 1.79 bits per heavy atom. The predicted octanol–water partition coefficient (Wildman–Crippen LogP) is 3.90. The highest BCUT2D eigenvalue weighted by Gasteiger charge is 2.13. The highest BCUT2D eigenvalue weighted by molar-refractivity contribution is 6.04. The van der Waals surface area contributed by atoms with Gasteiger partial charge in [-0.25, -0.2) is 9.37 Å². The molecule has 0 bridgehead atoms. The highest BCUT2D eigenvalue weighted by Crippen LogP contribution is 2.32. The Morgan fingerprint density at radius 1 is 1.00 bits per heavy atom. The maximum Gasteiger partial charge on any atom is 0.255 e. The van der Waals surface area contributed by atoms with Crippen LogP contribution in [0.3, 0.4) is 0 Å². The number of nitrogens with one attached hydrogen (secondary N) is 2. The molecule has 148 valence electrons. The van der Waals surface area contributed by atoms with Crippen LogP contribution in [-0.2, 0) is 6.42 Å². The van der Waals surface area contributed by atoms with Crippen LogP contribution in [0.1, 0.15) is 15.9 Å². The minimum absolute atomic E-state index is 0.245. The fourth-order valence-corrected chi connectivity index (χ4v) is 2.98. The van der Waals surface area contributed by atoms with E-state index >= 15 is 0 Å². The van der Waals surface area contributed by atoms with E-state index in [4.69, 9.17) is 9.47 Å². The quantitative estimate of drug-likeness (QED) is 0.665. The van der Waals surface area contributed by atoms with E-state index in [2.05, 4.69) is 15.6 Å². The van der Waals surface area contributed by atoms with Crippen LogP contribution in [-0.4, -0.2) is 30.6 Å². The van der Waals surface area contributed by atoms with Crippen molar-refractivity contribution >= 4 is 17.4 Å². The summed E-state index contributed by atoms with van der Waals surface area (Å²) in [5, 5.41) is 6.04. The van der Waals surface area contributed by atoms with Crippen molar-refractivity contribution < 1.29 is 18.7 Å². The van der Waals surface area contributed by atoms with E-state index in [0.717, 1.165) is 12.0 Å². The SMILES string of the molecule is O=C(Nc1ccc2c(c1)OCCO2)c1ccnc(NCCc2ccc(F)cc2)c1. The summed E-state index contributed by atoms with van der Waals surface area (Å²) in [6.07, 6.45) is 2.30. The summed E-state index contributed by atoms with van der Waals surface area (Å²) < 4.78 is 24.0. The average molecular weight is 393 g/mol. The number of rotatable bonds is 6. The van der Waals surface area contributed by atoms with Gasteiger partial charge in [0.05, 0.1) is 0 Å². The molecule has 1 aliphatic rings. The number of pyridine rings is 1. The zero-order valence-corrected chi connectivity index (χ0v) is 15.7. The molecule has 0 unspecified atom stereocenters. The summed E-state index contributed by atoms with van der Waals surface area (Å²) in [6, 6.07) is 15.0. The zero-order chi connectivity index (χ0) is 20.1. The summed E-state index contributed by atoms with van der Waals surface area (Å²) in [4.78, 5) is 16.8. The number of amides is 1. The molecule has 0 saturated carbocycles. The van der Waals surface area contributed by atoms with Crippen LogP contribution in [0.4, 0.5) is 15.9 Å². The maximum absolute atomic E-state index is 13.0. The molecule has 7 heteroatoms. The van der Waals surface area contributed by atoms with Gasteiger partial charge in [-0.05, 0) is 48.4 Å². The molecule has 0 fully saturated rings. The molecular weight excluding hydrogens is 373 g/mol. The fraction of sp³-hybridized carbons (Fsp3) is 0.182. The van der Waals surface area contributed by atoms with E-state index in [-0.39, 0.29) is 11.7 Å². The second kappa shape index (κ2) is 8.60. The lowest BCUT2D eigenvalue weighted by molar-refractivity contribution is 0.102. The third-order valence-corrected chi connectivity index (χ3v) is 4.46. The Balaban J connectivity index is 1.36. The maximum atomic E-state index is 13.0. The Bertz CT molecular complexity index is 1010. The lowest BCUT2D eigenvalue weighted by Crippen LogP contribution is -2.16. The number of hydrogen-bond acceptors (Lipinski definition) is 5. The number of aromatic nitrogens is 1. The van der Waals surface area contributed by atoms with Crippen molar-refractivity contribution in [2.75, 3.05) is 30.4 Å². The minimum atomic E-state index is -0.250. The van der Waals surface area contributed by atoms with Gasteiger partial charge >= 0.3 is 0 Å². The van der Waals surface area contributed by atoms with Gasteiger partial charge < -0.3 is 20.1 Å². The van der Waals surface area contributed by atoms with E-state index in [1.54, 1.807) is 48.7 Å². The Kier molecular flexibility index (Phi) is 5.56. The minimum Gasteiger partial charge on any atom is -0.486 e. The topological polar surface area (TPSA) is 72.5 Å². The summed E-state index contributed by atoms with van der Waals surface area (Å²) >= 11 is 0. The Labute approximate surface area is 167 Å². The molecule has 0 radical (unpaired) electrons. The van der Waals surface area contributed by atoms with E-state index < -0.39 is 0 Å². The molecule has 0 atom stereocenters. The van der Waals surface area contributed by atoms with Crippen molar-refractivity contribution in [2.45, 2.75) is 6.42 Å². The van der Waals surface area contributed by atoms with Gasteiger partial charge in [0.2, 0.25) is 0 Å². The first-order chi connectivity index (χ1) is 14.2. The molecule has 1 amide bonds. The number of halogens is 1. The average Bonchev–Trinajstić information content (AvgIpc) is 2.75. The molecule has 1 aliphatic heterocycles. The summed E-state index contributed by atoms with van der Waals surface area (Å²) in [6.45, 7) is 1.63. The number of anilines is 2. The molecule has 0 saturated heterocycles. The van der Waals surface area contributed by atoms with Gasteiger partial charge in [0.15, 0.2) is 11.5 Å². The van der Waals surface area contributed by atoms with Gasteiger partial charge in [-0.3, -0.25) is 4.79 Å². The fourth-order valence-electron chi connectivity index (χ4n) is 2.98. The third kappa shape index (κ3) is 4.82. The summed E-state index contributed by atoms with van der Waals surface area (Å²) in [7, 11) is 0. The Hall–Kier alpha value is -3.61. The molecule has 29 heavy (non-hydrogen) atoms. The molecular formula is C22H20FN3O3. The second-order valence-electron chi connectivity index (χ2n) is 6.55. The summed E-state index contributed by atoms with van der Waals surface area (Å²) in [5.74, 6) is 1.39. The van der Waals surface area contributed by atoms with Gasteiger partial charge in [0, 0.05) is 30.1 Å². The normalized spacial score (nSPS) is 12.3. The lowest BCUT2D eigenvalue weighted by Gasteiger charge is -2.19. The van der Waals surface area contributed by atoms with Gasteiger partial charge in [0.25, 0.3) is 5.91 Å². The van der Waals surface area contributed by atoms with Gasteiger partial charge in [-0.2, -0.15) is 0 Å². The van der Waals surface area contributed by atoms with Crippen molar-refractivity contribution in [2.24, 2.45) is 0 Å². The van der Waals surface area contributed by atoms with Crippen molar-refractivity contribution in [3.05, 3.63) is 77.7 Å². The van der Waals surface area contributed by atoms with E-state index in [1.165, 1.54) is 12.1 Å². The number of fused-ring (bicyclic) bond motifs is 1. The predicted molar refractivity (Wildman–Crippen MR) is 108 cm³/mol. The van der Waals surface area contributed by atoms with Crippen molar-refractivity contribution in [1.29, 1.82) is 0 Å². The zero-order valence-electron chi connectivity index (χ0n) is 15.7. The first kappa shape index (κ1) is 18.7. The van der Waals surface area contributed by atoms with Crippen molar-refractivity contribution in [3.8, 4) is 11.5 Å². The lowest BCUT2D eigenvalue weighted by atomic mass is 10.1. The van der Waals surface area contributed by atoms with Crippen LogP contribution in [0.5, 0.6) is 11.5 Å². The smallest absolute Gasteiger partial charge is 0.255 e. The molecule has 0 aliphatic carbocycles. The van der Waals surface area contributed by atoms with Crippen molar-refractivity contribution in [1.82, 2.24) is 4.98 Å². The number of ether oxygens (including phenoxy) is 2. The monoisotopic (exact) mass is 393 g/mol. The Morgan fingerprint density at radius 3 is 2.62 bits per heavy atom. The number of carbonyl (C=O) groups is 1. The van der Waals surface area contributed by atoms with Crippen LogP contribution in [0.2, 0.25) is 0 Å². The number of benzene rings is 2. The van der Waals surface area contributed by atoms with Gasteiger partial charge in [-0.1, -0.05) is 12.1 Å². The van der Waals surface area contributed by atoms with E-state index in [0.29, 0.717) is 48.3 Å². The van der Waals surface area contributed by atoms with E-state index in [9.17, 15) is 9.18 Å². The third-order valence-electron chi connectivity index (χ3n) is 4.46. The van der Waals surface area contributed by atoms with Gasteiger partial charge in [0.1, 0.15) is 24.8 Å². The standard InChI is InChI=1S/C22H20FN3O3/c23-17-3-1-15(2-4-17)7-9-24-21-13-16(8-10-25-21)22(27)26-18-5-6-19-20(14-18)29-12-11-28-19/h1-6,8,10,13-14H,7,9,11-12H2,(H,24,25)(H,26,27). The van der Waals surface area contributed by atoms with Crippen LogP contribution in [0.25, 0.3) is 0 Å². The molecule has 2 aromatic carbocycles. The van der Waals surface area contributed by atoms with Crippen LogP contribution in [0.15, 0.2) is 60.8 Å². The van der Waals surface area contributed by atoms with Crippen molar-refractivity contribution in [3.63, 3.8) is 0 Å². The first-order valence-electron chi connectivity index (χ1n) is 9.33. The second-order valence-corrected chi connectivity index (χ2v) is 6.55. The molecule has 2 N–H and O–H groups in total. The first-order valence-corrected chi connectivity index (χ1v) is 9.33. The van der Waals surface area contributed by atoms with E-state index in [1.807, 2.05) is 0 Å². The molecule has 3 aromatic rings. The molecule has 2 heterocycles. The van der Waals surface area contributed by atoms with Crippen LogP contribution < -0.4 is 20.1 Å². The number of hydrogen-bond donors (Lipinski definition) is 2. The number of nitrogens with zero attached hydrogens (tertiary/aromatic N) is 1. The molecule has 1 aromatic heterocycles.